The number of amides is 2. The van der Waals surface area contributed by atoms with Crippen LogP contribution in [0.3, 0.4) is 0 Å². The number of carbonyl (C=O) groups is 3. The first-order chi connectivity index (χ1) is 19.1. The van der Waals surface area contributed by atoms with Gasteiger partial charge in [-0.3, -0.25) is 19.1 Å². The van der Waals surface area contributed by atoms with Gasteiger partial charge in [0, 0.05) is 54.0 Å². The highest BCUT2D eigenvalue weighted by Gasteiger charge is 2.54. The molecule has 1 fully saturated rings. The largest absolute Gasteiger partial charge is 0.477 e. The number of hydrogen-bond acceptors (Lipinski definition) is 11. The fourth-order valence-corrected chi connectivity index (χ4v) is 7.82. The van der Waals surface area contributed by atoms with Crippen LogP contribution in [0, 0.1) is 0 Å². The minimum absolute atomic E-state index is 0.110. The van der Waals surface area contributed by atoms with Crippen LogP contribution in [-0.4, -0.2) is 76.6 Å². The number of alkyl halides is 1. The number of β-lactam (4-membered cyclic amide) rings is 1. The van der Waals surface area contributed by atoms with E-state index in [1.165, 1.54) is 33.8 Å². The summed E-state index contributed by atoms with van der Waals surface area (Å²) in [5.41, 5.74) is 6.13. The Morgan fingerprint density at radius 2 is 2.08 bits per heavy atom. The van der Waals surface area contributed by atoms with Crippen molar-refractivity contribution in [2.24, 2.45) is 0 Å². The average molecular weight is 631 g/mol. The molecular weight excluding hydrogens is 604 g/mol. The van der Waals surface area contributed by atoms with Gasteiger partial charge in [-0.05, 0) is 5.57 Å². The molecule has 0 saturated carbocycles. The predicted molar refractivity (Wildman–Crippen MR) is 149 cm³/mol. The number of thiazole rings is 1. The second kappa shape index (κ2) is 12.8. The first-order valence-electron chi connectivity index (χ1n) is 11.6. The number of pyridine rings is 1. The molecule has 0 spiro atoms. The number of aromatic nitrogens is 2. The highest BCUT2D eigenvalue weighted by atomic mass is 32.2. The van der Waals surface area contributed by atoms with E-state index < -0.39 is 43.5 Å². The number of anilines is 1. The molecule has 1 saturated heterocycles. The first kappa shape index (κ1) is 30.2. The lowest BCUT2D eigenvalue weighted by atomic mass is 10.0. The van der Waals surface area contributed by atoms with E-state index in [2.05, 4.69) is 10.3 Å². The number of aliphatic carboxylic acids is 1. The smallest absolute Gasteiger partial charge is 0.354 e. The quantitative estimate of drug-likeness (QED) is 0.104. The van der Waals surface area contributed by atoms with E-state index in [0.29, 0.717) is 17.1 Å². The number of aryl methyl sites for hydroxylation is 1. The van der Waals surface area contributed by atoms with Crippen molar-refractivity contribution >= 4 is 70.9 Å². The Morgan fingerprint density at radius 1 is 1.38 bits per heavy atom. The highest BCUT2D eigenvalue weighted by molar-refractivity contribution is 8.01. The van der Waals surface area contributed by atoms with E-state index >= 15 is 0 Å². The molecule has 214 valence electrons. The summed E-state index contributed by atoms with van der Waals surface area (Å²) in [6.45, 7) is -0.229. The van der Waals surface area contributed by atoms with E-state index in [1.807, 2.05) is 12.1 Å². The maximum absolute atomic E-state index is 13.3. The van der Waals surface area contributed by atoms with Crippen LogP contribution in [0.1, 0.15) is 5.69 Å². The molecule has 17 heteroatoms. The SMILES string of the molecule is COP(=O)(/C=C(\C(=O)N[C@@H]1C(=O)N2C(C(=O)O)=C(CSc3cc[n+](CCF)cc3)CS[C@H]12)c1csc(N)n1)OC. The summed E-state index contributed by atoms with van der Waals surface area (Å²) >= 11 is 3.80. The summed E-state index contributed by atoms with van der Waals surface area (Å²) < 4.78 is 36.8. The van der Waals surface area contributed by atoms with Gasteiger partial charge >= 0.3 is 13.6 Å². The summed E-state index contributed by atoms with van der Waals surface area (Å²) in [6.07, 6.45) is 3.49. The van der Waals surface area contributed by atoms with Crippen LogP contribution in [0.2, 0.25) is 0 Å². The molecule has 2 aromatic rings. The summed E-state index contributed by atoms with van der Waals surface area (Å²) in [6, 6.07) is 2.60. The number of nitrogen functional groups attached to an aromatic ring is 1. The van der Waals surface area contributed by atoms with Crippen molar-refractivity contribution in [3.8, 4) is 0 Å². The molecule has 4 rings (SSSR count). The number of nitrogens with zero attached hydrogens (tertiary/aromatic N) is 3. The number of hydrogen-bond donors (Lipinski definition) is 3. The fraction of sp³-hybridized carbons (Fsp3) is 0.348. The van der Waals surface area contributed by atoms with Gasteiger partial charge in [0.05, 0.1) is 11.3 Å². The van der Waals surface area contributed by atoms with Crippen molar-refractivity contribution in [2.45, 2.75) is 22.9 Å². The number of carboxylic acids is 1. The number of nitrogens with two attached hydrogens (primary N) is 1. The van der Waals surface area contributed by atoms with Crippen LogP contribution in [-0.2, 0) is 34.5 Å². The van der Waals surface area contributed by atoms with Gasteiger partial charge in [0.1, 0.15) is 23.8 Å². The fourth-order valence-electron chi connectivity index (χ4n) is 3.96. The third-order valence-electron chi connectivity index (χ3n) is 5.99. The summed E-state index contributed by atoms with van der Waals surface area (Å²) in [7, 11) is -1.48. The average Bonchev–Trinajstić information content (AvgIpc) is 3.39. The Balaban J connectivity index is 1.51. The Labute approximate surface area is 241 Å². The maximum atomic E-state index is 13.3. The van der Waals surface area contributed by atoms with Gasteiger partial charge in [-0.25, -0.2) is 18.7 Å². The molecule has 0 unspecified atom stereocenters. The van der Waals surface area contributed by atoms with Crippen molar-refractivity contribution < 1.29 is 42.1 Å². The van der Waals surface area contributed by atoms with Gasteiger partial charge in [-0.1, -0.05) is 0 Å². The highest BCUT2D eigenvalue weighted by Crippen LogP contribution is 2.50. The van der Waals surface area contributed by atoms with Crippen molar-refractivity contribution in [1.29, 1.82) is 0 Å². The molecule has 2 atom stereocenters. The summed E-state index contributed by atoms with van der Waals surface area (Å²) in [5.74, 6) is -0.931. The molecule has 2 amide bonds. The first-order valence-corrected chi connectivity index (χ1v) is 16.2. The van der Waals surface area contributed by atoms with E-state index in [-0.39, 0.29) is 28.6 Å². The third-order valence-corrected chi connectivity index (χ3v) is 10.7. The van der Waals surface area contributed by atoms with E-state index in [9.17, 15) is 28.4 Å². The Kier molecular flexibility index (Phi) is 9.69. The molecule has 4 heterocycles. The van der Waals surface area contributed by atoms with Gasteiger partial charge in [0.2, 0.25) is 0 Å². The molecule has 0 bridgehead atoms. The van der Waals surface area contributed by atoms with Crippen molar-refractivity contribution in [2.75, 3.05) is 38.1 Å². The van der Waals surface area contributed by atoms with Gasteiger partial charge in [-0.15, -0.1) is 34.9 Å². The van der Waals surface area contributed by atoms with Crippen LogP contribution in [0.25, 0.3) is 5.57 Å². The number of nitrogens with one attached hydrogen (secondary N) is 1. The van der Waals surface area contributed by atoms with Crippen LogP contribution in [0.5, 0.6) is 0 Å². The van der Waals surface area contributed by atoms with Crippen LogP contribution < -0.4 is 15.6 Å². The number of fused-ring (bicyclic) bond motifs is 1. The molecule has 12 nitrogen and oxygen atoms in total. The number of thioether (sulfide) groups is 2. The van der Waals surface area contributed by atoms with Crippen molar-refractivity contribution in [3.05, 3.63) is 52.7 Å². The number of carbonyl (C=O) groups excluding carboxylic acids is 2. The van der Waals surface area contributed by atoms with Crippen molar-refractivity contribution in [1.82, 2.24) is 15.2 Å². The van der Waals surface area contributed by atoms with Gasteiger partial charge in [-0.2, -0.15) is 0 Å². The maximum Gasteiger partial charge on any atom is 0.354 e. The molecule has 0 radical (unpaired) electrons. The zero-order valence-corrected chi connectivity index (χ0v) is 24.7. The molecule has 0 aromatic carbocycles. The Morgan fingerprint density at radius 3 is 2.65 bits per heavy atom. The van der Waals surface area contributed by atoms with E-state index in [0.717, 1.165) is 36.3 Å². The number of rotatable bonds is 12. The predicted octanol–water partition coefficient (Wildman–Crippen LogP) is 2.34. The number of carboxylic acid groups (broad SMARTS) is 1. The number of halogens is 1. The van der Waals surface area contributed by atoms with Crippen LogP contribution in [0.15, 0.2) is 51.9 Å². The topological polar surface area (TPSA) is 165 Å². The standard InChI is InChI=1S/C23H25FN5O7PS3/c1-35-37(34,36-2)9-15(16-12-40-23(25)26-16)19(30)27-17-20(31)29-18(22(32)33)13(11-39-21(17)29)10-38-14-3-6-28(7-4-14)8-5-24/h3-4,6-7,9,12,17,21H,5,8,10-11H2,1-2H3,(H3-,25,26,27,30,32,33)/p+1/b15-9-/t17-,21-/m1/s1. The zero-order valence-electron chi connectivity index (χ0n) is 21.3. The lowest BCUT2D eigenvalue weighted by molar-refractivity contribution is -0.697. The zero-order chi connectivity index (χ0) is 29.0. The minimum atomic E-state index is -3.80. The summed E-state index contributed by atoms with van der Waals surface area (Å²) in [4.78, 5) is 44.7. The molecular formula is C23H26FN5O7PS3+. The summed E-state index contributed by atoms with van der Waals surface area (Å²) in [5, 5.41) is 13.6. The lowest BCUT2D eigenvalue weighted by Gasteiger charge is -2.49. The normalized spacial score (nSPS) is 19.3. The molecule has 4 N–H and O–H groups in total. The Bertz CT molecular complexity index is 1410. The molecule has 2 aromatic heterocycles. The molecule has 2 aliphatic rings. The second-order valence-electron chi connectivity index (χ2n) is 8.39. The van der Waals surface area contributed by atoms with Crippen LogP contribution in [0.4, 0.5) is 9.52 Å². The van der Waals surface area contributed by atoms with Gasteiger partial charge < -0.3 is 25.2 Å². The molecule has 2 aliphatic heterocycles. The van der Waals surface area contributed by atoms with Gasteiger partial charge in [0.15, 0.2) is 24.1 Å². The van der Waals surface area contributed by atoms with Crippen molar-refractivity contribution in [3.63, 3.8) is 0 Å². The van der Waals surface area contributed by atoms with Crippen LogP contribution >= 0.6 is 42.5 Å². The second-order valence-corrected chi connectivity index (χ2v) is 13.5. The van der Waals surface area contributed by atoms with E-state index in [4.69, 9.17) is 14.8 Å². The third kappa shape index (κ3) is 6.42. The Hall–Kier alpha value is -2.75. The van der Waals surface area contributed by atoms with E-state index in [1.54, 1.807) is 17.0 Å². The van der Waals surface area contributed by atoms with Gasteiger partial charge in [0.25, 0.3) is 11.8 Å². The monoisotopic (exact) mass is 630 g/mol. The minimum Gasteiger partial charge on any atom is -0.477 e. The lowest BCUT2D eigenvalue weighted by Crippen LogP contribution is -2.70. The molecule has 40 heavy (non-hydrogen) atoms. The molecule has 0 aliphatic carbocycles.